The van der Waals surface area contributed by atoms with Crippen LogP contribution in [0.15, 0.2) is 65.2 Å². The molecule has 0 fully saturated rings. The van der Waals surface area contributed by atoms with Crippen molar-refractivity contribution in [3.8, 4) is 0 Å². The quantitative estimate of drug-likeness (QED) is 0.247. The van der Waals surface area contributed by atoms with E-state index in [1.54, 1.807) is 0 Å². The van der Waals surface area contributed by atoms with Crippen molar-refractivity contribution in [2.45, 2.75) is 6.92 Å². The predicted molar refractivity (Wildman–Crippen MR) is 100.0 cm³/mol. The van der Waals surface area contributed by atoms with E-state index in [1.807, 2.05) is 6.20 Å². The van der Waals surface area contributed by atoms with Crippen molar-refractivity contribution in [3.63, 3.8) is 0 Å². The molecule has 2 nitrogen and oxygen atoms in total. The van der Waals surface area contributed by atoms with Crippen molar-refractivity contribution in [2.75, 3.05) is 0 Å². The number of furan rings is 1. The molecule has 2 heteroatoms. The van der Waals surface area contributed by atoms with Crippen LogP contribution < -0.4 is 0 Å². The lowest BCUT2D eigenvalue weighted by Crippen LogP contribution is -1.87. The van der Waals surface area contributed by atoms with Crippen LogP contribution in [0.3, 0.4) is 0 Å². The zero-order valence-electron chi connectivity index (χ0n) is 13.1. The van der Waals surface area contributed by atoms with Gasteiger partial charge in [-0.2, -0.15) is 0 Å². The minimum atomic E-state index is 0.947. The molecule has 6 aromatic rings. The van der Waals surface area contributed by atoms with Crippen LogP contribution in [0.1, 0.15) is 5.76 Å². The zero-order chi connectivity index (χ0) is 15.8. The maximum atomic E-state index is 6.07. The number of fused-ring (bicyclic) bond motifs is 4. The smallest absolute Gasteiger partial charge is 0.135 e. The van der Waals surface area contributed by atoms with Crippen LogP contribution in [0, 0.1) is 6.92 Å². The Morgan fingerprint density at radius 1 is 0.750 bits per heavy atom. The fraction of sp³-hybridized carbons (Fsp3) is 0.0455. The van der Waals surface area contributed by atoms with Gasteiger partial charge in [0.05, 0.1) is 5.52 Å². The molecule has 0 atom stereocenters. The maximum absolute atomic E-state index is 6.07. The van der Waals surface area contributed by atoms with E-state index in [0.717, 1.165) is 16.9 Å². The first kappa shape index (κ1) is 12.3. The predicted octanol–water partition coefficient (Wildman–Crippen LogP) is 6.19. The van der Waals surface area contributed by atoms with Crippen molar-refractivity contribution in [1.82, 2.24) is 4.98 Å². The molecule has 0 N–H and O–H groups in total. The normalized spacial score (nSPS) is 12.4. The molecular weight excluding hydrogens is 294 g/mol. The van der Waals surface area contributed by atoms with E-state index in [4.69, 9.17) is 9.40 Å². The molecule has 0 aliphatic heterocycles. The highest BCUT2D eigenvalue weighted by Crippen LogP contribution is 2.43. The molecule has 0 bridgehead atoms. The summed E-state index contributed by atoms with van der Waals surface area (Å²) in [4.78, 5) is 4.74. The molecule has 0 spiro atoms. The molecule has 0 radical (unpaired) electrons. The van der Waals surface area contributed by atoms with Gasteiger partial charge in [-0.15, -0.1) is 0 Å². The summed E-state index contributed by atoms with van der Waals surface area (Å²) < 4.78 is 6.07. The van der Waals surface area contributed by atoms with E-state index in [9.17, 15) is 0 Å². The minimum absolute atomic E-state index is 0.947. The third-order valence-corrected chi connectivity index (χ3v) is 5.17. The monoisotopic (exact) mass is 307 g/mol. The summed E-state index contributed by atoms with van der Waals surface area (Å²) in [5.41, 5.74) is 2.01. The molecule has 24 heavy (non-hydrogen) atoms. The average Bonchev–Trinajstić information content (AvgIpc) is 2.96. The second kappa shape index (κ2) is 4.04. The van der Waals surface area contributed by atoms with Crippen molar-refractivity contribution >= 4 is 54.2 Å². The Morgan fingerprint density at radius 3 is 2.38 bits per heavy atom. The van der Waals surface area contributed by atoms with E-state index in [-0.39, 0.29) is 0 Å². The van der Waals surface area contributed by atoms with Crippen molar-refractivity contribution in [1.29, 1.82) is 0 Å². The number of nitrogens with zero attached hydrogens (tertiary/aromatic N) is 1. The van der Waals surface area contributed by atoms with Crippen LogP contribution in [0.4, 0.5) is 0 Å². The lowest BCUT2D eigenvalue weighted by Gasteiger charge is -2.10. The van der Waals surface area contributed by atoms with E-state index in [0.29, 0.717) is 0 Å². The molecule has 4 aromatic carbocycles. The van der Waals surface area contributed by atoms with Crippen molar-refractivity contribution in [2.24, 2.45) is 0 Å². The molecule has 112 valence electrons. The fourth-order valence-electron chi connectivity index (χ4n) is 4.15. The number of aryl methyl sites for hydroxylation is 1. The average molecular weight is 307 g/mol. The van der Waals surface area contributed by atoms with E-state index in [2.05, 4.69) is 61.5 Å². The highest BCUT2D eigenvalue weighted by atomic mass is 16.3. The van der Waals surface area contributed by atoms with Crippen LogP contribution in [0.2, 0.25) is 0 Å². The number of rotatable bonds is 0. The Labute approximate surface area is 137 Å². The first-order chi connectivity index (χ1) is 11.8. The summed E-state index contributed by atoms with van der Waals surface area (Å²) in [5.74, 6) is 0.975. The van der Waals surface area contributed by atoms with Crippen LogP contribution in [-0.4, -0.2) is 4.98 Å². The Morgan fingerprint density at radius 2 is 1.54 bits per heavy atom. The largest absolute Gasteiger partial charge is 0.461 e. The van der Waals surface area contributed by atoms with Gasteiger partial charge >= 0.3 is 0 Å². The first-order valence-electron chi connectivity index (χ1n) is 8.15. The first-order valence-corrected chi connectivity index (χ1v) is 8.15. The lowest BCUT2D eigenvalue weighted by molar-refractivity contribution is 0.583. The molecule has 0 unspecified atom stereocenters. The van der Waals surface area contributed by atoms with Crippen molar-refractivity contribution < 1.29 is 4.42 Å². The van der Waals surface area contributed by atoms with Gasteiger partial charge in [0.25, 0.3) is 0 Å². The minimum Gasteiger partial charge on any atom is -0.461 e. The van der Waals surface area contributed by atoms with Gasteiger partial charge in [-0.1, -0.05) is 30.3 Å². The van der Waals surface area contributed by atoms with Gasteiger partial charge in [0.2, 0.25) is 0 Å². The van der Waals surface area contributed by atoms with Crippen molar-refractivity contribution in [3.05, 3.63) is 66.6 Å². The number of aromatic nitrogens is 1. The Hall–Kier alpha value is -3.13. The van der Waals surface area contributed by atoms with Gasteiger partial charge in [-0.3, -0.25) is 4.98 Å². The zero-order valence-corrected chi connectivity index (χ0v) is 13.1. The molecular formula is C22H13NO. The third kappa shape index (κ3) is 1.35. The summed E-state index contributed by atoms with van der Waals surface area (Å²) >= 11 is 0. The third-order valence-electron chi connectivity index (χ3n) is 5.17. The molecule has 6 rings (SSSR count). The molecule has 0 aliphatic rings. The number of hydrogen-bond acceptors (Lipinski definition) is 2. The summed E-state index contributed by atoms with van der Waals surface area (Å²) in [6.07, 6.45) is 1.90. The Bertz CT molecular complexity index is 1410. The maximum Gasteiger partial charge on any atom is 0.135 e. The van der Waals surface area contributed by atoms with Gasteiger partial charge in [-0.25, -0.2) is 0 Å². The van der Waals surface area contributed by atoms with Crippen LogP contribution in [0.25, 0.3) is 54.2 Å². The van der Waals surface area contributed by atoms with Gasteiger partial charge in [0.1, 0.15) is 11.3 Å². The second-order valence-electron chi connectivity index (χ2n) is 6.47. The molecule has 0 amide bonds. The highest BCUT2D eigenvalue weighted by Gasteiger charge is 2.19. The molecule has 2 heterocycles. The van der Waals surface area contributed by atoms with E-state index < -0.39 is 0 Å². The summed E-state index contributed by atoms with van der Waals surface area (Å²) in [6.45, 7) is 2.06. The van der Waals surface area contributed by atoms with E-state index in [1.165, 1.54) is 43.1 Å². The van der Waals surface area contributed by atoms with Gasteiger partial charge in [0.15, 0.2) is 0 Å². The Balaban J connectivity index is 2.07. The SMILES string of the molecule is Cc1oc2ccc3ccnc4c5cc6ccccc6cc5c1c2c34. The van der Waals surface area contributed by atoms with Crippen LogP contribution >= 0.6 is 0 Å². The van der Waals surface area contributed by atoms with Crippen LogP contribution in [0.5, 0.6) is 0 Å². The Kier molecular flexibility index (Phi) is 2.07. The van der Waals surface area contributed by atoms with Crippen LogP contribution in [-0.2, 0) is 0 Å². The molecule has 0 aliphatic carbocycles. The lowest BCUT2D eigenvalue weighted by atomic mass is 9.93. The number of hydrogen-bond donors (Lipinski definition) is 0. The summed E-state index contributed by atoms with van der Waals surface area (Å²) in [6, 6.07) is 19.3. The number of pyridine rings is 1. The van der Waals surface area contributed by atoms with Gasteiger partial charge in [0, 0.05) is 27.7 Å². The fourth-order valence-corrected chi connectivity index (χ4v) is 4.15. The van der Waals surface area contributed by atoms with Gasteiger partial charge in [-0.05, 0) is 52.7 Å². The standard InChI is InChI=1S/C22H13NO/c1-12-19-16-10-14-4-2-3-5-15(14)11-17(16)22-20-13(8-9-23-22)6-7-18(24-12)21(19)20/h2-11H,1H3. The molecule has 0 saturated carbocycles. The molecule has 2 aromatic heterocycles. The molecule has 0 saturated heterocycles. The van der Waals surface area contributed by atoms with Gasteiger partial charge < -0.3 is 4.42 Å². The number of benzene rings is 4. The van der Waals surface area contributed by atoms with E-state index >= 15 is 0 Å². The second-order valence-corrected chi connectivity index (χ2v) is 6.47. The topological polar surface area (TPSA) is 26.0 Å². The summed E-state index contributed by atoms with van der Waals surface area (Å²) in [7, 11) is 0. The highest BCUT2D eigenvalue weighted by molar-refractivity contribution is 6.33. The summed E-state index contributed by atoms with van der Waals surface area (Å²) in [5, 5.41) is 9.77.